The fourth-order valence-corrected chi connectivity index (χ4v) is 3.36. The van der Waals surface area contributed by atoms with Crippen LogP contribution in [0.4, 0.5) is 5.69 Å². The van der Waals surface area contributed by atoms with E-state index in [0.29, 0.717) is 24.5 Å². The van der Waals surface area contributed by atoms with Gasteiger partial charge in [-0.15, -0.1) is 0 Å². The van der Waals surface area contributed by atoms with Crippen LogP contribution in [0.5, 0.6) is 11.5 Å². The molecule has 0 aliphatic carbocycles. The van der Waals surface area contributed by atoms with E-state index in [1.807, 2.05) is 18.2 Å². The molecule has 138 valence electrons. The summed E-state index contributed by atoms with van der Waals surface area (Å²) in [4.78, 5) is 14.6. The van der Waals surface area contributed by atoms with Crippen LogP contribution in [0.25, 0.3) is 0 Å². The van der Waals surface area contributed by atoms with Crippen molar-refractivity contribution in [3.05, 3.63) is 53.6 Å². The summed E-state index contributed by atoms with van der Waals surface area (Å²) in [6.07, 6.45) is 2.75. The van der Waals surface area contributed by atoms with E-state index in [0.717, 1.165) is 31.5 Å². The molecule has 0 spiro atoms. The van der Waals surface area contributed by atoms with Crippen LogP contribution in [0.2, 0.25) is 0 Å². The third kappa shape index (κ3) is 4.28. The first kappa shape index (κ1) is 18.1. The van der Waals surface area contributed by atoms with Crippen LogP contribution in [0.15, 0.2) is 42.5 Å². The Kier molecular flexibility index (Phi) is 6.00. The van der Waals surface area contributed by atoms with Gasteiger partial charge < -0.3 is 19.7 Å². The number of anilines is 1. The van der Waals surface area contributed by atoms with Gasteiger partial charge in [0.2, 0.25) is 5.91 Å². The Balaban J connectivity index is 1.51. The Labute approximate surface area is 154 Å². The lowest BCUT2D eigenvalue weighted by atomic mass is 10.0. The Morgan fingerprint density at radius 1 is 1.12 bits per heavy atom. The molecule has 2 aromatic rings. The smallest absolute Gasteiger partial charge is 0.222 e. The van der Waals surface area contributed by atoms with E-state index in [1.54, 1.807) is 14.2 Å². The number of ether oxygens (including phenoxy) is 2. The first-order valence-electron chi connectivity index (χ1n) is 9.01. The first-order chi connectivity index (χ1) is 12.7. The maximum absolute atomic E-state index is 12.3. The monoisotopic (exact) mass is 354 g/mol. The number of aryl methyl sites for hydroxylation is 1. The Morgan fingerprint density at radius 3 is 2.73 bits per heavy atom. The molecular weight excluding hydrogens is 328 g/mol. The zero-order chi connectivity index (χ0) is 18.4. The average molecular weight is 354 g/mol. The second-order valence-electron chi connectivity index (χ2n) is 6.44. The van der Waals surface area contributed by atoms with Crippen LogP contribution < -0.4 is 19.7 Å². The molecule has 1 N–H and O–H groups in total. The summed E-state index contributed by atoms with van der Waals surface area (Å²) in [7, 11) is 3.22. The van der Waals surface area contributed by atoms with Gasteiger partial charge in [0.25, 0.3) is 0 Å². The van der Waals surface area contributed by atoms with Crippen LogP contribution in [0.1, 0.15) is 24.0 Å². The normalized spacial score (nSPS) is 13.1. The Morgan fingerprint density at radius 2 is 1.92 bits per heavy atom. The highest BCUT2D eigenvalue weighted by Gasteiger charge is 2.16. The van der Waals surface area contributed by atoms with Crippen molar-refractivity contribution in [3.8, 4) is 11.5 Å². The second kappa shape index (κ2) is 8.61. The third-order valence-electron chi connectivity index (χ3n) is 4.75. The van der Waals surface area contributed by atoms with Gasteiger partial charge in [-0.05, 0) is 42.2 Å². The summed E-state index contributed by atoms with van der Waals surface area (Å²) in [5.41, 5.74) is 3.63. The van der Waals surface area contributed by atoms with Gasteiger partial charge in [-0.25, -0.2) is 0 Å². The van der Waals surface area contributed by atoms with Crippen molar-refractivity contribution in [2.45, 2.75) is 25.8 Å². The number of carbonyl (C=O) groups is 1. The molecule has 0 atom stereocenters. The average Bonchev–Trinajstić information content (AvgIpc) is 2.70. The molecular formula is C21H26N2O3. The van der Waals surface area contributed by atoms with Crippen molar-refractivity contribution in [1.29, 1.82) is 0 Å². The molecule has 0 saturated carbocycles. The van der Waals surface area contributed by atoms with Crippen molar-refractivity contribution in [2.75, 3.05) is 32.2 Å². The summed E-state index contributed by atoms with van der Waals surface area (Å²) < 4.78 is 10.5. The van der Waals surface area contributed by atoms with E-state index >= 15 is 0 Å². The molecule has 0 radical (unpaired) electrons. The minimum absolute atomic E-state index is 0.0582. The predicted molar refractivity (Wildman–Crippen MR) is 103 cm³/mol. The van der Waals surface area contributed by atoms with Crippen LogP contribution >= 0.6 is 0 Å². The largest absolute Gasteiger partial charge is 0.493 e. The highest BCUT2D eigenvalue weighted by molar-refractivity contribution is 5.76. The van der Waals surface area contributed by atoms with E-state index in [-0.39, 0.29) is 5.91 Å². The number of para-hydroxylation sites is 1. The summed E-state index contributed by atoms with van der Waals surface area (Å²) in [6, 6.07) is 14.1. The summed E-state index contributed by atoms with van der Waals surface area (Å²) in [5, 5.41) is 2.99. The quantitative estimate of drug-likeness (QED) is 0.830. The van der Waals surface area contributed by atoms with E-state index in [9.17, 15) is 4.79 Å². The fraction of sp³-hybridized carbons (Fsp3) is 0.381. The lowest BCUT2D eigenvalue weighted by Gasteiger charge is -2.31. The van der Waals surface area contributed by atoms with Crippen molar-refractivity contribution in [3.63, 3.8) is 0 Å². The van der Waals surface area contributed by atoms with Gasteiger partial charge in [0.1, 0.15) is 0 Å². The number of fused-ring (bicyclic) bond motifs is 1. The predicted octanol–water partition coefficient (Wildman–Crippen LogP) is 3.16. The van der Waals surface area contributed by atoms with Gasteiger partial charge in [-0.3, -0.25) is 4.79 Å². The molecule has 0 aromatic heterocycles. The van der Waals surface area contributed by atoms with Crippen LogP contribution in [-0.4, -0.2) is 33.2 Å². The Hall–Kier alpha value is -2.69. The second-order valence-corrected chi connectivity index (χ2v) is 6.44. The molecule has 5 nitrogen and oxygen atoms in total. The number of rotatable bonds is 7. The van der Waals surface area contributed by atoms with Crippen molar-refractivity contribution in [1.82, 2.24) is 5.32 Å². The van der Waals surface area contributed by atoms with E-state index in [4.69, 9.17) is 9.47 Å². The summed E-state index contributed by atoms with van der Waals surface area (Å²) in [5.74, 6) is 1.42. The van der Waals surface area contributed by atoms with Crippen molar-refractivity contribution < 1.29 is 14.3 Å². The lowest BCUT2D eigenvalue weighted by Crippen LogP contribution is -2.34. The maximum Gasteiger partial charge on any atom is 0.222 e. The molecule has 5 heteroatoms. The number of nitrogens with zero attached hydrogens (tertiary/aromatic N) is 1. The number of hydrogen-bond acceptors (Lipinski definition) is 4. The minimum Gasteiger partial charge on any atom is -0.493 e. The number of hydrogen-bond donors (Lipinski definition) is 1. The molecule has 26 heavy (non-hydrogen) atoms. The van der Waals surface area contributed by atoms with Gasteiger partial charge >= 0.3 is 0 Å². The van der Waals surface area contributed by atoms with E-state index in [2.05, 4.69) is 34.5 Å². The number of amides is 1. The fourth-order valence-electron chi connectivity index (χ4n) is 3.36. The van der Waals surface area contributed by atoms with Gasteiger partial charge in [0.05, 0.1) is 14.2 Å². The molecule has 0 saturated heterocycles. The zero-order valence-corrected chi connectivity index (χ0v) is 15.5. The minimum atomic E-state index is 0.0582. The van der Waals surface area contributed by atoms with Crippen LogP contribution in [0, 0.1) is 0 Å². The Bertz CT molecular complexity index is 761. The number of benzene rings is 2. The number of methoxy groups -OCH3 is 2. The van der Waals surface area contributed by atoms with Gasteiger partial charge in [0.15, 0.2) is 11.5 Å². The van der Waals surface area contributed by atoms with Crippen LogP contribution in [0.3, 0.4) is 0 Å². The molecule has 0 fully saturated rings. The zero-order valence-electron chi connectivity index (χ0n) is 15.5. The van der Waals surface area contributed by atoms with Crippen LogP contribution in [-0.2, 0) is 17.8 Å². The standard InChI is InChI=1S/C21H26N2O3/c1-25-19-10-9-16(14-20(19)26-2)15-22-21(24)11-13-23-12-5-7-17-6-3-4-8-18(17)23/h3-4,6,8-10,14H,5,7,11-13,15H2,1-2H3,(H,22,24). The highest BCUT2D eigenvalue weighted by atomic mass is 16.5. The van der Waals surface area contributed by atoms with E-state index < -0.39 is 0 Å². The molecule has 3 rings (SSSR count). The molecule has 1 amide bonds. The lowest BCUT2D eigenvalue weighted by molar-refractivity contribution is -0.121. The SMILES string of the molecule is COc1ccc(CNC(=O)CCN2CCCc3ccccc32)cc1OC. The maximum atomic E-state index is 12.3. The van der Waals surface area contributed by atoms with Gasteiger partial charge in [-0.1, -0.05) is 24.3 Å². The molecule has 1 aliphatic heterocycles. The van der Waals surface area contributed by atoms with Crippen molar-refractivity contribution >= 4 is 11.6 Å². The first-order valence-corrected chi connectivity index (χ1v) is 9.01. The molecule has 0 bridgehead atoms. The van der Waals surface area contributed by atoms with Gasteiger partial charge in [0, 0.05) is 31.7 Å². The molecule has 2 aromatic carbocycles. The molecule has 1 heterocycles. The number of carbonyl (C=O) groups excluding carboxylic acids is 1. The van der Waals surface area contributed by atoms with E-state index in [1.165, 1.54) is 11.3 Å². The molecule has 0 unspecified atom stereocenters. The van der Waals surface area contributed by atoms with Crippen molar-refractivity contribution in [2.24, 2.45) is 0 Å². The number of nitrogens with one attached hydrogen (secondary N) is 1. The van der Waals surface area contributed by atoms with Gasteiger partial charge in [-0.2, -0.15) is 0 Å². The molecule has 1 aliphatic rings. The topological polar surface area (TPSA) is 50.8 Å². The summed E-state index contributed by atoms with van der Waals surface area (Å²) in [6.45, 7) is 2.24. The summed E-state index contributed by atoms with van der Waals surface area (Å²) >= 11 is 0. The highest BCUT2D eigenvalue weighted by Crippen LogP contribution is 2.28. The third-order valence-corrected chi connectivity index (χ3v) is 4.75.